The number of nitriles is 1. The maximum absolute atomic E-state index is 9.87. The molecule has 182 valence electrons. The molecule has 4 aromatic rings. The third-order valence-electron chi connectivity index (χ3n) is 5.86. The van der Waals surface area contributed by atoms with E-state index in [4.69, 9.17) is 14.2 Å². The van der Waals surface area contributed by atoms with E-state index in [-0.39, 0.29) is 12.4 Å². The maximum Gasteiger partial charge on any atom is 0.130 e. The topological polar surface area (TPSA) is 83.7 Å². The molecule has 2 N–H and O–H groups in total. The lowest BCUT2D eigenvalue weighted by Crippen LogP contribution is -2.14. The summed E-state index contributed by atoms with van der Waals surface area (Å²) in [6, 6.07) is 28.7. The first-order chi connectivity index (χ1) is 17.6. The molecule has 0 heterocycles. The van der Waals surface area contributed by atoms with Gasteiger partial charge in [0.1, 0.15) is 35.7 Å². The Morgan fingerprint density at radius 3 is 2.22 bits per heavy atom. The summed E-state index contributed by atoms with van der Waals surface area (Å²) in [5.74, 6) is 2.08. The van der Waals surface area contributed by atoms with Gasteiger partial charge in [0, 0.05) is 30.8 Å². The van der Waals surface area contributed by atoms with Crippen LogP contribution in [0.1, 0.15) is 22.3 Å². The summed E-state index contributed by atoms with van der Waals surface area (Å²) in [5, 5.41) is 22.9. The van der Waals surface area contributed by atoms with E-state index in [9.17, 15) is 10.4 Å². The zero-order chi connectivity index (χ0) is 25.3. The lowest BCUT2D eigenvalue weighted by atomic mass is 9.96. The van der Waals surface area contributed by atoms with Crippen molar-refractivity contribution in [1.29, 1.82) is 5.26 Å². The van der Waals surface area contributed by atoms with Gasteiger partial charge in [-0.15, -0.1) is 0 Å². The van der Waals surface area contributed by atoms with Crippen molar-refractivity contribution in [3.05, 3.63) is 107 Å². The molecule has 0 amide bonds. The van der Waals surface area contributed by atoms with Crippen LogP contribution >= 0.6 is 0 Å². The predicted octanol–water partition coefficient (Wildman–Crippen LogP) is 5.82. The Bertz CT molecular complexity index is 1340. The molecule has 0 saturated carbocycles. The van der Waals surface area contributed by atoms with E-state index < -0.39 is 0 Å². The number of hydrogen-bond acceptors (Lipinski definition) is 6. The molecule has 0 aliphatic rings. The van der Waals surface area contributed by atoms with Gasteiger partial charge in [-0.1, -0.05) is 60.7 Å². The Hall–Kier alpha value is -4.47. The Labute approximate surface area is 211 Å². The summed E-state index contributed by atoms with van der Waals surface area (Å²) >= 11 is 0. The lowest BCUT2D eigenvalue weighted by Gasteiger charge is -2.17. The molecule has 0 fully saturated rings. The van der Waals surface area contributed by atoms with Crippen LogP contribution in [0, 0.1) is 11.3 Å². The SMILES string of the molecule is COc1cc(OCc2cccc(-c3ccccc3)c2C#N)cc(OC)c1CNCc1cccc(O)c1. The largest absolute Gasteiger partial charge is 0.508 e. The van der Waals surface area contributed by atoms with Gasteiger partial charge in [-0.2, -0.15) is 5.26 Å². The summed E-state index contributed by atoms with van der Waals surface area (Å²) in [6.45, 7) is 1.30. The fourth-order valence-electron chi connectivity index (χ4n) is 4.09. The highest BCUT2D eigenvalue weighted by Crippen LogP contribution is 2.35. The normalized spacial score (nSPS) is 10.5. The number of phenolic OH excluding ortho intramolecular Hbond substituents is 1. The number of nitrogens with one attached hydrogen (secondary N) is 1. The Morgan fingerprint density at radius 2 is 1.56 bits per heavy atom. The van der Waals surface area contributed by atoms with Crippen molar-refractivity contribution in [2.45, 2.75) is 19.7 Å². The van der Waals surface area contributed by atoms with E-state index in [0.717, 1.165) is 27.8 Å². The van der Waals surface area contributed by atoms with Gasteiger partial charge in [0.2, 0.25) is 0 Å². The van der Waals surface area contributed by atoms with E-state index in [1.165, 1.54) is 0 Å². The molecule has 6 nitrogen and oxygen atoms in total. The predicted molar refractivity (Wildman–Crippen MR) is 139 cm³/mol. The molecular weight excluding hydrogens is 452 g/mol. The molecule has 0 aliphatic heterocycles. The minimum absolute atomic E-state index is 0.227. The van der Waals surface area contributed by atoms with Crippen molar-refractivity contribution in [1.82, 2.24) is 5.32 Å². The van der Waals surface area contributed by atoms with Gasteiger partial charge in [-0.25, -0.2) is 0 Å². The first-order valence-corrected chi connectivity index (χ1v) is 11.6. The lowest BCUT2D eigenvalue weighted by molar-refractivity contribution is 0.299. The van der Waals surface area contributed by atoms with Gasteiger partial charge in [-0.3, -0.25) is 0 Å². The number of nitrogens with zero attached hydrogens (tertiary/aromatic N) is 1. The molecule has 0 unspecified atom stereocenters. The van der Waals surface area contributed by atoms with Crippen molar-refractivity contribution in [3.8, 4) is 40.2 Å². The van der Waals surface area contributed by atoms with Gasteiger partial charge in [0.25, 0.3) is 0 Å². The summed E-state index contributed by atoms with van der Waals surface area (Å²) in [4.78, 5) is 0. The molecule has 0 aromatic heterocycles. The number of hydrogen-bond donors (Lipinski definition) is 2. The van der Waals surface area contributed by atoms with Gasteiger partial charge in [0.15, 0.2) is 0 Å². The molecule has 0 saturated heterocycles. The zero-order valence-electron chi connectivity index (χ0n) is 20.3. The summed E-state index contributed by atoms with van der Waals surface area (Å²) in [6.07, 6.45) is 0. The minimum atomic E-state index is 0.227. The first-order valence-electron chi connectivity index (χ1n) is 11.6. The molecule has 4 aromatic carbocycles. The second-order valence-electron chi connectivity index (χ2n) is 8.19. The van der Waals surface area contributed by atoms with Crippen LogP contribution in [-0.4, -0.2) is 19.3 Å². The third-order valence-corrected chi connectivity index (χ3v) is 5.86. The molecule has 36 heavy (non-hydrogen) atoms. The van der Waals surface area contributed by atoms with Gasteiger partial charge in [-0.05, 0) is 28.8 Å². The molecular formula is C30H28N2O4. The first kappa shape index (κ1) is 24.6. The zero-order valence-corrected chi connectivity index (χ0v) is 20.3. The minimum Gasteiger partial charge on any atom is -0.508 e. The summed E-state index contributed by atoms with van der Waals surface area (Å²) in [5.41, 5.74) is 5.09. The standard InChI is InChI=1S/C30H28N2O4/c1-34-29-15-25(16-30(35-2)28(29)19-32-18-21-8-6-12-24(33)14-21)36-20-23-11-7-13-26(27(23)17-31)22-9-4-3-5-10-22/h3-16,32-33H,18-20H2,1-2H3. The fraction of sp³-hybridized carbons (Fsp3) is 0.167. The fourth-order valence-corrected chi connectivity index (χ4v) is 4.09. The third kappa shape index (κ3) is 5.77. The number of aromatic hydroxyl groups is 1. The van der Waals surface area contributed by atoms with Crippen molar-refractivity contribution < 1.29 is 19.3 Å². The Morgan fingerprint density at radius 1 is 0.833 bits per heavy atom. The van der Waals surface area contributed by atoms with Crippen LogP contribution in [0.3, 0.4) is 0 Å². The van der Waals surface area contributed by atoms with Crippen LogP contribution in [0.2, 0.25) is 0 Å². The Kier molecular flexibility index (Phi) is 8.07. The van der Waals surface area contributed by atoms with Crippen molar-refractivity contribution in [2.24, 2.45) is 0 Å². The Balaban J connectivity index is 1.51. The molecule has 0 atom stereocenters. The highest BCUT2D eigenvalue weighted by atomic mass is 16.5. The van der Waals surface area contributed by atoms with E-state index in [1.54, 1.807) is 26.4 Å². The summed E-state index contributed by atoms with van der Waals surface area (Å²) < 4.78 is 17.4. The average Bonchev–Trinajstić information content (AvgIpc) is 2.92. The molecule has 0 radical (unpaired) electrons. The highest BCUT2D eigenvalue weighted by Gasteiger charge is 2.15. The summed E-state index contributed by atoms with van der Waals surface area (Å²) in [7, 11) is 3.21. The van der Waals surface area contributed by atoms with Crippen molar-refractivity contribution >= 4 is 0 Å². The van der Waals surface area contributed by atoms with Crippen LogP contribution in [0.4, 0.5) is 0 Å². The van der Waals surface area contributed by atoms with Gasteiger partial charge in [0.05, 0.1) is 25.3 Å². The van der Waals surface area contributed by atoms with Crippen molar-refractivity contribution in [2.75, 3.05) is 14.2 Å². The monoisotopic (exact) mass is 480 g/mol. The second-order valence-corrected chi connectivity index (χ2v) is 8.19. The van der Waals surface area contributed by atoms with Crippen LogP contribution in [0.15, 0.2) is 84.9 Å². The van der Waals surface area contributed by atoms with E-state index in [2.05, 4.69) is 11.4 Å². The number of benzene rings is 4. The van der Waals surface area contributed by atoms with Crippen LogP contribution in [0.5, 0.6) is 23.0 Å². The smallest absolute Gasteiger partial charge is 0.130 e. The molecule has 0 spiro atoms. The molecule has 0 aliphatic carbocycles. The van der Waals surface area contributed by atoms with Crippen LogP contribution in [0.25, 0.3) is 11.1 Å². The quantitative estimate of drug-likeness (QED) is 0.298. The van der Waals surface area contributed by atoms with Crippen LogP contribution in [-0.2, 0) is 19.7 Å². The average molecular weight is 481 g/mol. The van der Waals surface area contributed by atoms with E-state index >= 15 is 0 Å². The number of ether oxygens (including phenoxy) is 3. The number of rotatable bonds is 10. The maximum atomic E-state index is 9.87. The molecule has 4 rings (SSSR count). The molecule has 0 bridgehead atoms. The van der Waals surface area contributed by atoms with Gasteiger partial charge < -0.3 is 24.6 Å². The van der Waals surface area contributed by atoms with E-state index in [0.29, 0.717) is 35.9 Å². The number of phenols is 1. The van der Waals surface area contributed by atoms with E-state index in [1.807, 2.05) is 72.8 Å². The molecule has 6 heteroatoms. The second kappa shape index (κ2) is 11.8. The van der Waals surface area contributed by atoms with Gasteiger partial charge >= 0.3 is 0 Å². The van der Waals surface area contributed by atoms with Crippen LogP contribution < -0.4 is 19.5 Å². The highest BCUT2D eigenvalue weighted by molar-refractivity contribution is 5.72. The number of methoxy groups -OCH3 is 2. The van der Waals surface area contributed by atoms with Crippen molar-refractivity contribution in [3.63, 3.8) is 0 Å².